The van der Waals surface area contributed by atoms with E-state index in [1.807, 2.05) is 48.2 Å². The molecule has 5 heterocycles. The molecule has 0 unspecified atom stereocenters. The number of nitrogens with two attached hydrogens (primary N) is 1. The molecular formula is C44H56N12O7S. The first-order valence-corrected chi connectivity index (χ1v) is 22.4. The molecule has 1 aromatic carbocycles. The number of thiazole rings is 1. The van der Waals surface area contributed by atoms with E-state index in [0.29, 0.717) is 113 Å². The summed E-state index contributed by atoms with van der Waals surface area (Å²) >= 11 is 1.59. The normalized spacial score (nSPS) is 13.7. The van der Waals surface area contributed by atoms with E-state index in [-0.39, 0.29) is 48.1 Å². The Morgan fingerprint density at radius 1 is 1.02 bits per heavy atom. The maximum atomic E-state index is 13.0. The van der Waals surface area contributed by atoms with Gasteiger partial charge in [-0.3, -0.25) is 19.2 Å². The van der Waals surface area contributed by atoms with Gasteiger partial charge in [0.1, 0.15) is 28.4 Å². The van der Waals surface area contributed by atoms with Crippen molar-refractivity contribution in [1.82, 2.24) is 56.0 Å². The molecule has 1 saturated heterocycles. The lowest BCUT2D eigenvalue weighted by atomic mass is 10.1. The number of amides is 4. The van der Waals surface area contributed by atoms with E-state index in [0.717, 1.165) is 21.7 Å². The van der Waals surface area contributed by atoms with Gasteiger partial charge in [-0.2, -0.15) is 0 Å². The Labute approximate surface area is 375 Å². The van der Waals surface area contributed by atoms with E-state index < -0.39 is 11.6 Å². The molecule has 0 saturated carbocycles. The number of benzene rings is 1. The molecular weight excluding hydrogens is 841 g/mol. The lowest BCUT2D eigenvalue weighted by molar-refractivity contribution is -0.138. The highest BCUT2D eigenvalue weighted by Gasteiger charge is 2.34. The van der Waals surface area contributed by atoms with Crippen molar-refractivity contribution in [3.8, 4) is 39.5 Å². The highest BCUT2D eigenvalue weighted by atomic mass is 32.1. The summed E-state index contributed by atoms with van der Waals surface area (Å²) in [5, 5.41) is 29.6. The summed E-state index contributed by atoms with van der Waals surface area (Å²) in [6.45, 7) is 10.2. The summed E-state index contributed by atoms with van der Waals surface area (Å²) in [7, 11) is 0. The third-order valence-corrected chi connectivity index (χ3v) is 11.4. The zero-order chi connectivity index (χ0) is 45.6. The van der Waals surface area contributed by atoms with Crippen LogP contribution in [0.3, 0.4) is 0 Å². The van der Waals surface area contributed by atoms with E-state index in [1.54, 1.807) is 31.4 Å². The fourth-order valence-electron chi connectivity index (χ4n) is 7.17. The lowest BCUT2D eigenvalue weighted by Crippen LogP contribution is -2.48. The number of nitrogens with one attached hydrogen (secondary N) is 4. The predicted octanol–water partition coefficient (Wildman–Crippen LogP) is 3.10. The van der Waals surface area contributed by atoms with Gasteiger partial charge in [0.25, 0.3) is 0 Å². The monoisotopic (exact) mass is 896 g/mol. The first kappa shape index (κ1) is 47.1. The van der Waals surface area contributed by atoms with Gasteiger partial charge in [0, 0.05) is 39.0 Å². The van der Waals surface area contributed by atoms with Crippen molar-refractivity contribution in [3.05, 3.63) is 52.9 Å². The van der Waals surface area contributed by atoms with Crippen LogP contribution in [0.5, 0.6) is 5.75 Å². The molecule has 0 spiro atoms. The van der Waals surface area contributed by atoms with Crippen LogP contribution in [0, 0.1) is 18.8 Å². The molecule has 0 radical (unpaired) electrons. The number of likely N-dealkylation sites (tertiary alicyclic amines) is 1. The van der Waals surface area contributed by atoms with Gasteiger partial charge in [0.2, 0.25) is 23.6 Å². The van der Waals surface area contributed by atoms with Crippen molar-refractivity contribution >= 4 is 51.8 Å². The number of imidazole rings is 1. The molecule has 64 heavy (non-hydrogen) atoms. The van der Waals surface area contributed by atoms with Gasteiger partial charge in [0.05, 0.1) is 35.4 Å². The maximum Gasteiger partial charge on any atom is 0.243 e. The number of nitrogens with zero attached hydrogens (tertiary/aromatic N) is 7. The van der Waals surface area contributed by atoms with Gasteiger partial charge < -0.3 is 46.3 Å². The van der Waals surface area contributed by atoms with Crippen molar-refractivity contribution in [1.29, 1.82) is 0 Å². The van der Waals surface area contributed by atoms with Crippen LogP contribution in [0.1, 0.15) is 82.7 Å². The summed E-state index contributed by atoms with van der Waals surface area (Å²) in [6.07, 6.45) is 5.07. The molecule has 4 aromatic heterocycles. The summed E-state index contributed by atoms with van der Waals surface area (Å²) in [5.41, 5.74) is 11.4. The van der Waals surface area contributed by atoms with Crippen LogP contribution in [-0.2, 0) is 32.3 Å². The number of hydrogen-bond donors (Lipinski definition) is 6. The van der Waals surface area contributed by atoms with Crippen LogP contribution >= 0.6 is 11.3 Å². The quantitative estimate of drug-likeness (QED) is 0.0457. The van der Waals surface area contributed by atoms with Gasteiger partial charge in [-0.15, -0.1) is 11.3 Å². The molecule has 5 aromatic rings. The molecule has 0 aliphatic carbocycles. The minimum absolute atomic E-state index is 0.0913. The average molecular weight is 897 g/mol. The number of nitrogen functional groups attached to an aromatic ring is 1. The van der Waals surface area contributed by atoms with Crippen molar-refractivity contribution < 1.29 is 33.7 Å². The first-order chi connectivity index (χ1) is 30.8. The summed E-state index contributed by atoms with van der Waals surface area (Å²) in [6, 6.07) is 7.40. The number of aryl methyl sites for hydroxylation is 2. The molecule has 1 fully saturated rings. The molecule has 1 aliphatic heterocycles. The van der Waals surface area contributed by atoms with Crippen LogP contribution in [0.15, 0.2) is 40.6 Å². The van der Waals surface area contributed by atoms with Crippen molar-refractivity contribution in [2.75, 3.05) is 45.1 Å². The second kappa shape index (κ2) is 22.3. The molecule has 7 N–H and O–H groups in total. The zero-order valence-corrected chi connectivity index (χ0v) is 37.5. The second-order valence-electron chi connectivity index (χ2n) is 15.9. The summed E-state index contributed by atoms with van der Waals surface area (Å²) < 4.78 is 12.9. The topological polar surface area (TPSA) is 258 Å². The smallest absolute Gasteiger partial charge is 0.243 e. The predicted molar refractivity (Wildman–Crippen MR) is 240 cm³/mol. The summed E-state index contributed by atoms with van der Waals surface area (Å²) in [5.74, 6) is 5.81. The van der Waals surface area contributed by atoms with Crippen LogP contribution in [0.25, 0.3) is 33.0 Å². The van der Waals surface area contributed by atoms with Crippen molar-refractivity contribution in [2.24, 2.45) is 0 Å². The number of aliphatic hydroxyl groups is 1. The molecule has 0 bridgehead atoms. The third kappa shape index (κ3) is 12.6. The molecule has 1 atom stereocenters. The Hall–Kier alpha value is -6.43. The van der Waals surface area contributed by atoms with Crippen molar-refractivity contribution in [2.45, 2.75) is 97.4 Å². The van der Waals surface area contributed by atoms with Gasteiger partial charge in [-0.25, -0.2) is 19.6 Å². The minimum Gasteiger partial charge on any atom is -0.490 e. The average Bonchev–Trinajstić information content (AvgIpc) is 4.11. The van der Waals surface area contributed by atoms with Crippen LogP contribution in [0.4, 0.5) is 5.82 Å². The summed E-state index contributed by atoms with van der Waals surface area (Å²) in [4.78, 5) is 67.1. The molecule has 340 valence electrons. The fraction of sp³-hybridized carbons (Fsp3) is 0.477. The van der Waals surface area contributed by atoms with Gasteiger partial charge in [0.15, 0.2) is 23.1 Å². The molecule has 1 aliphatic rings. The number of anilines is 1. The number of rotatable bonds is 21. The number of carbonyl (C=O) groups is 4. The Balaban J connectivity index is 0.829. The van der Waals surface area contributed by atoms with Gasteiger partial charge in [-0.1, -0.05) is 30.2 Å². The zero-order valence-electron chi connectivity index (χ0n) is 36.7. The fourth-order valence-corrected chi connectivity index (χ4v) is 7.98. The van der Waals surface area contributed by atoms with E-state index in [4.69, 9.17) is 20.1 Å². The van der Waals surface area contributed by atoms with E-state index >= 15 is 0 Å². The second-order valence-corrected chi connectivity index (χ2v) is 16.7. The highest BCUT2D eigenvalue weighted by molar-refractivity contribution is 7.13. The Morgan fingerprint density at radius 2 is 1.77 bits per heavy atom. The van der Waals surface area contributed by atoms with E-state index in [2.05, 4.69) is 53.4 Å². The molecule has 6 rings (SSSR count). The number of carbonyl (C=O) groups excluding carboxylic acids is 4. The van der Waals surface area contributed by atoms with Crippen LogP contribution < -0.4 is 31.7 Å². The maximum absolute atomic E-state index is 13.0. The number of aromatic nitrogens is 6. The molecule has 19 nitrogen and oxygen atoms in total. The largest absolute Gasteiger partial charge is 0.490 e. The Morgan fingerprint density at radius 3 is 2.47 bits per heavy atom. The van der Waals surface area contributed by atoms with Gasteiger partial charge in [-0.05, 0) is 100 Å². The van der Waals surface area contributed by atoms with Gasteiger partial charge >= 0.3 is 0 Å². The minimum atomic E-state index is -1.23. The highest BCUT2D eigenvalue weighted by Crippen LogP contribution is 2.33. The first-order valence-electron chi connectivity index (χ1n) is 21.5. The van der Waals surface area contributed by atoms with Crippen LogP contribution in [-0.4, -0.2) is 114 Å². The number of fused-ring (bicyclic) bond motifs is 1. The van der Waals surface area contributed by atoms with Crippen LogP contribution in [0.2, 0.25) is 0 Å². The SMILES string of the molecule is CCn1c(-c2nonc2N)nc2c(C#CC(C)(C)O)ncc(OCCCNCCCC(=O)NCCCC(=O)NCC(=O)N3CCC[C@H]3C(=O)NCc3ccc(-c4scnc4C)cc3)c21. The standard InChI is InChI=1S/C44H56N12O7S/c1-5-55-39-33(25-48-31(17-18-44(3,4)61)37(39)52-42(55)38-41(45)54-63-53-38)62-23-9-20-46-19-6-11-34(57)47-21-7-12-35(58)49-26-36(59)56-22-8-10-32(56)43(60)50-24-29-13-15-30(16-14-29)40-28(2)51-27-64-40/h13-16,25,27,32,46,61H,5-12,19-24,26H2,1-4H3,(H2,45,54)(H,47,57)(H,49,58)(H,50,60)/t32-/m0/s1. The Kier molecular flexibility index (Phi) is 16.4. The third-order valence-electron chi connectivity index (χ3n) is 10.4. The molecule has 4 amide bonds. The Bertz CT molecular complexity index is 2460. The van der Waals surface area contributed by atoms with E-state index in [9.17, 15) is 24.3 Å². The van der Waals surface area contributed by atoms with Crippen molar-refractivity contribution in [3.63, 3.8) is 0 Å². The number of pyridine rings is 1. The number of ether oxygens (including phenoxy) is 1. The number of hydrogen-bond acceptors (Lipinski definition) is 15. The lowest BCUT2D eigenvalue weighted by Gasteiger charge is -2.24. The molecule has 20 heteroatoms. The van der Waals surface area contributed by atoms with E-state index in [1.165, 1.54) is 4.90 Å².